The molecule has 0 spiro atoms. The van der Waals surface area contributed by atoms with Gasteiger partial charge in [0.1, 0.15) is 6.04 Å². The van der Waals surface area contributed by atoms with E-state index in [1.54, 1.807) is 29.0 Å². The van der Waals surface area contributed by atoms with E-state index in [0.29, 0.717) is 28.5 Å². The number of hydrogen-bond acceptors (Lipinski definition) is 4. The summed E-state index contributed by atoms with van der Waals surface area (Å²) >= 11 is 0. The van der Waals surface area contributed by atoms with Gasteiger partial charge in [-0.25, -0.2) is 4.52 Å². The average molecular weight is 333 g/mol. The number of carbonyl (C=O) groups is 1. The van der Waals surface area contributed by atoms with E-state index in [-0.39, 0.29) is 17.4 Å². The molecule has 6 nitrogen and oxygen atoms in total. The summed E-state index contributed by atoms with van der Waals surface area (Å²) < 4.78 is 1.63. The molecule has 4 rings (SSSR count). The second-order valence-corrected chi connectivity index (χ2v) is 7.37. The number of aromatic nitrogens is 2. The molecule has 2 aromatic heterocycles. The third kappa shape index (κ3) is 2.22. The Morgan fingerprint density at radius 2 is 2.40 bits per heavy atom. The highest BCUT2D eigenvalue weighted by molar-refractivity contribution is 5.84. The molecule has 2 N–H and O–H groups in total. The molecule has 126 valence electrons. The third-order valence-corrected chi connectivity index (χ3v) is 5.79. The van der Waals surface area contributed by atoms with Gasteiger partial charge in [-0.2, -0.15) is 10.4 Å². The maximum Gasteiger partial charge on any atom is 0.238 e. The zero-order valence-electron chi connectivity index (χ0n) is 14.2. The van der Waals surface area contributed by atoms with Crippen LogP contribution in [-0.4, -0.2) is 28.1 Å². The summed E-state index contributed by atoms with van der Waals surface area (Å²) in [6, 6.07) is 4.74. The molecule has 1 saturated heterocycles. The van der Waals surface area contributed by atoms with Crippen LogP contribution in [0.4, 0.5) is 0 Å². The first-order chi connectivity index (χ1) is 12.0. The normalized spacial score (nSPS) is 27.1. The molecule has 3 heterocycles. The number of carbonyl (C=O) groups excluding carboxylic acids is 1. The number of nitriles is 1. The van der Waals surface area contributed by atoms with Gasteiger partial charge >= 0.3 is 0 Å². The quantitative estimate of drug-likeness (QED) is 0.828. The van der Waals surface area contributed by atoms with Crippen LogP contribution in [0.15, 0.2) is 24.5 Å². The van der Waals surface area contributed by atoms with Crippen molar-refractivity contribution in [2.45, 2.75) is 25.9 Å². The van der Waals surface area contributed by atoms with Crippen LogP contribution in [0.2, 0.25) is 0 Å². The van der Waals surface area contributed by atoms with Crippen molar-refractivity contribution in [1.82, 2.24) is 20.2 Å². The maximum absolute atomic E-state index is 12.7. The van der Waals surface area contributed by atoms with E-state index in [9.17, 15) is 10.1 Å². The maximum atomic E-state index is 12.7. The number of rotatable bonds is 3. The minimum Gasteiger partial charge on any atom is -0.335 e. The monoisotopic (exact) mass is 333 g/mol. The fraction of sp³-hybridized carbons (Fsp3) is 0.421. The van der Waals surface area contributed by atoms with Crippen LogP contribution in [0, 0.1) is 40.9 Å². The Morgan fingerprint density at radius 3 is 3.04 bits per heavy atom. The predicted octanol–water partition coefficient (Wildman–Crippen LogP) is 1.24. The summed E-state index contributed by atoms with van der Waals surface area (Å²) in [5.41, 5.74) is 2.14. The van der Waals surface area contributed by atoms with Crippen molar-refractivity contribution in [1.29, 1.82) is 5.26 Å². The summed E-state index contributed by atoms with van der Waals surface area (Å²) in [5, 5.41) is 20.0. The zero-order chi connectivity index (χ0) is 17.8. The highest BCUT2D eigenvalue weighted by Gasteiger charge is 2.65. The molecule has 1 aliphatic carbocycles. The Balaban J connectivity index is 1.61. The average Bonchev–Trinajstić information content (AvgIpc) is 3.02. The van der Waals surface area contributed by atoms with Crippen LogP contribution >= 0.6 is 0 Å². The lowest BCUT2D eigenvalue weighted by Crippen LogP contribution is -2.45. The van der Waals surface area contributed by atoms with E-state index in [0.717, 1.165) is 6.54 Å². The summed E-state index contributed by atoms with van der Waals surface area (Å²) in [4.78, 5) is 12.7. The van der Waals surface area contributed by atoms with Gasteiger partial charge in [-0.15, -0.1) is 6.42 Å². The smallest absolute Gasteiger partial charge is 0.238 e. The van der Waals surface area contributed by atoms with Crippen molar-refractivity contribution in [2.24, 2.45) is 17.3 Å². The van der Waals surface area contributed by atoms with Gasteiger partial charge in [-0.3, -0.25) is 4.79 Å². The van der Waals surface area contributed by atoms with Crippen molar-refractivity contribution in [3.8, 4) is 18.4 Å². The molecule has 1 aliphatic heterocycles. The number of amides is 1. The van der Waals surface area contributed by atoms with Gasteiger partial charge in [0, 0.05) is 11.8 Å². The first-order valence-electron chi connectivity index (χ1n) is 8.35. The van der Waals surface area contributed by atoms with Gasteiger partial charge in [-0.05, 0) is 35.9 Å². The topological polar surface area (TPSA) is 82.2 Å². The Bertz CT molecular complexity index is 945. The second-order valence-electron chi connectivity index (χ2n) is 7.37. The molecule has 0 radical (unpaired) electrons. The summed E-state index contributed by atoms with van der Waals surface area (Å²) in [7, 11) is 0. The van der Waals surface area contributed by atoms with Gasteiger partial charge in [0.15, 0.2) is 0 Å². The zero-order valence-corrected chi connectivity index (χ0v) is 14.2. The van der Waals surface area contributed by atoms with Crippen LogP contribution in [0.1, 0.15) is 31.0 Å². The van der Waals surface area contributed by atoms with Crippen molar-refractivity contribution < 1.29 is 4.79 Å². The van der Waals surface area contributed by atoms with Crippen molar-refractivity contribution in [2.75, 3.05) is 6.54 Å². The van der Waals surface area contributed by atoms with Crippen LogP contribution in [-0.2, 0) is 4.79 Å². The van der Waals surface area contributed by atoms with E-state index in [4.69, 9.17) is 6.42 Å². The molecule has 4 atom stereocenters. The molecule has 2 fully saturated rings. The van der Waals surface area contributed by atoms with E-state index >= 15 is 0 Å². The molecule has 2 aliphatic rings. The number of nitrogens with zero attached hydrogens (tertiary/aromatic N) is 3. The lowest BCUT2D eigenvalue weighted by molar-refractivity contribution is -0.124. The molecule has 6 heteroatoms. The second kappa shape index (κ2) is 5.34. The molecular weight excluding hydrogens is 314 g/mol. The SMILES string of the molecule is C#Cc1cccn2ncc(C(C#N)NC(=O)C3NCC4C3C4(C)C)c12. The van der Waals surface area contributed by atoms with Crippen LogP contribution in [0.25, 0.3) is 5.52 Å². The van der Waals surface area contributed by atoms with E-state index < -0.39 is 6.04 Å². The molecule has 1 saturated carbocycles. The van der Waals surface area contributed by atoms with Crippen molar-refractivity contribution in [3.05, 3.63) is 35.7 Å². The number of hydrogen-bond donors (Lipinski definition) is 2. The van der Waals surface area contributed by atoms with Gasteiger partial charge in [-0.1, -0.05) is 19.8 Å². The van der Waals surface area contributed by atoms with Crippen molar-refractivity contribution in [3.63, 3.8) is 0 Å². The Morgan fingerprint density at radius 1 is 1.60 bits per heavy atom. The third-order valence-electron chi connectivity index (χ3n) is 5.79. The van der Waals surface area contributed by atoms with Gasteiger partial charge in [0.05, 0.1) is 29.4 Å². The van der Waals surface area contributed by atoms with E-state index in [2.05, 4.69) is 41.6 Å². The molecule has 1 amide bonds. The molecular formula is C19H19N5O. The first-order valence-corrected chi connectivity index (χ1v) is 8.35. The standard InChI is InChI=1S/C19H19N5O/c1-4-11-6-5-7-24-17(11)12(9-22-24)14(8-20)23-18(25)16-15-13(10-21-16)19(15,2)3/h1,5-7,9,13-16,21H,10H2,2-3H3,(H,23,25). The van der Waals surface area contributed by atoms with Crippen molar-refractivity contribution >= 4 is 11.4 Å². The lowest BCUT2D eigenvalue weighted by Gasteiger charge is -2.20. The van der Waals surface area contributed by atoms with E-state index in [1.165, 1.54) is 0 Å². The molecule has 4 unspecified atom stereocenters. The van der Waals surface area contributed by atoms with E-state index in [1.807, 2.05) is 0 Å². The van der Waals surface area contributed by atoms with Gasteiger partial charge in [0.2, 0.25) is 5.91 Å². The largest absolute Gasteiger partial charge is 0.335 e. The van der Waals surface area contributed by atoms with Crippen LogP contribution < -0.4 is 10.6 Å². The summed E-state index contributed by atoms with van der Waals surface area (Å²) in [6.07, 6.45) is 8.93. The number of terminal acetylenes is 1. The number of nitrogens with one attached hydrogen (secondary N) is 2. The highest BCUT2D eigenvalue weighted by Crippen LogP contribution is 2.62. The Hall–Kier alpha value is -2.83. The minimum absolute atomic E-state index is 0.137. The molecule has 0 aromatic carbocycles. The Kier molecular flexibility index (Phi) is 3.35. The molecule has 0 bridgehead atoms. The predicted molar refractivity (Wildman–Crippen MR) is 92.2 cm³/mol. The fourth-order valence-corrected chi connectivity index (χ4v) is 4.28. The number of pyridine rings is 1. The summed E-state index contributed by atoms with van der Waals surface area (Å²) in [6.45, 7) is 5.23. The molecule has 2 aromatic rings. The van der Waals surface area contributed by atoms with Gasteiger partial charge < -0.3 is 10.6 Å². The Labute approximate surface area is 146 Å². The first kappa shape index (κ1) is 15.7. The highest BCUT2D eigenvalue weighted by atomic mass is 16.2. The minimum atomic E-state index is -0.790. The lowest BCUT2D eigenvalue weighted by atomic mass is 10.0. The van der Waals surface area contributed by atoms with Crippen LogP contribution in [0.5, 0.6) is 0 Å². The van der Waals surface area contributed by atoms with Crippen LogP contribution in [0.3, 0.4) is 0 Å². The number of fused-ring (bicyclic) bond motifs is 2. The fourth-order valence-electron chi connectivity index (χ4n) is 4.28. The molecule has 25 heavy (non-hydrogen) atoms. The number of piperidine rings is 1. The van der Waals surface area contributed by atoms with Gasteiger partial charge in [0.25, 0.3) is 0 Å². The summed E-state index contributed by atoms with van der Waals surface area (Å²) in [5.74, 6) is 3.34.